The van der Waals surface area contributed by atoms with Crippen LogP contribution in [0.5, 0.6) is 11.5 Å². The van der Waals surface area contributed by atoms with Gasteiger partial charge in [0.05, 0.1) is 19.7 Å². The van der Waals surface area contributed by atoms with Crippen molar-refractivity contribution in [3.05, 3.63) is 82.1 Å². The SMILES string of the molecule is COc1cc(OC)cc(C(C(=O)NC2CCCCC2)n2c(=O)c3[nH]c4ccccc4c3c3cc(C)ccc32)c1. The van der Waals surface area contributed by atoms with E-state index in [0.717, 1.165) is 52.9 Å². The molecule has 200 valence electrons. The fraction of sp³-hybridized carbons (Fsp3) is 0.312. The van der Waals surface area contributed by atoms with E-state index in [-0.39, 0.29) is 17.5 Å². The van der Waals surface area contributed by atoms with Crippen molar-refractivity contribution in [1.82, 2.24) is 14.9 Å². The van der Waals surface area contributed by atoms with Crippen LogP contribution in [0.3, 0.4) is 0 Å². The molecule has 1 amide bonds. The van der Waals surface area contributed by atoms with Crippen molar-refractivity contribution in [2.75, 3.05) is 14.2 Å². The first-order chi connectivity index (χ1) is 19.0. The highest BCUT2D eigenvalue weighted by Crippen LogP contribution is 2.35. The zero-order valence-corrected chi connectivity index (χ0v) is 22.5. The molecule has 0 spiro atoms. The van der Waals surface area contributed by atoms with Gasteiger partial charge >= 0.3 is 0 Å². The fourth-order valence-electron chi connectivity index (χ4n) is 6.06. The fourth-order valence-corrected chi connectivity index (χ4v) is 6.06. The minimum atomic E-state index is -0.926. The van der Waals surface area contributed by atoms with E-state index in [9.17, 15) is 9.59 Å². The lowest BCUT2D eigenvalue weighted by molar-refractivity contribution is -0.124. The van der Waals surface area contributed by atoms with Gasteiger partial charge in [-0.1, -0.05) is 49.1 Å². The number of H-pyrrole nitrogens is 1. The first-order valence-corrected chi connectivity index (χ1v) is 13.6. The first kappa shape index (κ1) is 25.0. The lowest BCUT2D eigenvalue weighted by Gasteiger charge is -2.28. The van der Waals surface area contributed by atoms with Gasteiger partial charge in [-0.2, -0.15) is 0 Å². The molecule has 1 atom stereocenters. The second-order valence-electron chi connectivity index (χ2n) is 10.5. The molecule has 2 heterocycles. The summed E-state index contributed by atoms with van der Waals surface area (Å²) in [6.07, 6.45) is 5.24. The second-order valence-corrected chi connectivity index (χ2v) is 10.5. The number of rotatable bonds is 6. The lowest BCUT2D eigenvalue weighted by atomic mass is 9.94. The summed E-state index contributed by atoms with van der Waals surface area (Å²) in [6, 6.07) is 18.5. The van der Waals surface area contributed by atoms with Crippen LogP contribution in [0.4, 0.5) is 0 Å². The molecule has 3 aromatic carbocycles. The minimum absolute atomic E-state index is 0.0854. The topological polar surface area (TPSA) is 85.3 Å². The van der Waals surface area contributed by atoms with Gasteiger partial charge in [0.25, 0.3) is 5.56 Å². The van der Waals surface area contributed by atoms with Gasteiger partial charge in [0, 0.05) is 33.8 Å². The molecule has 0 bridgehead atoms. The summed E-state index contributed by atoms with van der Waals surface area (Å²) in [5, 5.41) is 6.06. The largest absolute Gasteiger partial charge is 0.497 e. The highest BCUT2D eigenvalue weighted by atomic mass is 16.5. The van der Waals surface area contributed by atoms with E-state index in [1.165, 1.54) is 6.42 Å². The predicted molar refractivity (Wildman–Crippen MR) is 155 cm³/mol. The highest BCUT2D eigenvalue weighted by Gasteiger charge is 2.30. The Kier molecular flexibility index (Phi) is 6.51. The number of aryl methyl sites for hydroxylation is 1. The predicted octanol–water partition coefficient (Wildman–Crippen LogP) is 6.00. The molecule has 7 heteroatoms. The quantitative estimate of drug-likeness (QED) is 0.286. The number of carbonyl (C=O) groups is 1. The summed E-state index contributed by atoms with van der Waals surface area (Å²) >= 11 is 0. The number of carbonyl (C=O) groups excluding carboxylic acids is 1. The average molecular weight is 524 g/mol. The third kappa shape index (κ3) is 4.42. The van der Waals surface area contributed by atoms with E-state index in [1.54, 1.807) is 24.9 Å². The van der Waals surface area contributed by atoms with Crippen molar-refractivity contribution in [3.8, 4) is 11.5 Å². The number of pyridine rings is 1. The van der Waals surface area contributed by atoms with E-state index in [1.807, 2.05) is 55.5 Å². The smallest absolute Gasteiger partial charge is 0.276 e. The van der Waals surface area contributed by atoms with Crippen LogP contribution in [0, 0.1) is 6.92 Å². The van der Waals surface area contributed by atoms with Crippen LogP contribution in [-0.4, -0.2) is 35.7 Å². The van der Waals surface area contributed by atoms with E-state index >= 15 is 0 Å². The van der Waals surface area contributed by atoms with E-state index in [2.05, 4.69) is 16.4 Å². The molecule has 1 aliphatic rings. The normalized spacial score (nSPS) is 15.1. The molecule has 1 saturated carbocycles. The third-order valence-corrected chi connectivity index (χ3v) is 7.97. The van der Waals surface area contributed by atoms with Crippen molar-refractivity contribution in [2.24, 2.45) is 0 Å². The van der Waals surface area contributed by atoms with Crippen LogP contribution in [-0.2, 0) is 4.79 Å². The average Bonchev–Trinajstić information content (AvgIpc) is 3.35. The Morgan fingerprint density at radius 1 is 0.949 bits per heavy atom. The molecule has 0 radical (unpaired) electrons. The summed E-state index contributed by atoms with van der Waals surface area (Å²) in [6.45, 7) is 2.04. The number of hydrogen-bond donors (Lipinski definition) is 2. The number of methoxy groups -OCH3 is 2. The van der Waals surface area contributed by atoms with Crippen molar-refractivity contribution < 1.29 is 14.3 Å². The summed E-state index contributed by atoms with van der Waals surface area (Å²) in [5.74, 6) is 0.899. The second kappa shape index (κ2) is 10.1. The number of para-hydroxylation sites is 1. The number of amides is 1. The maximum Gasteiger partial charge on any atom is 0.276 e. The number of ether oxygens (including phenoxy) is 2. The Balaban J connectivity index is 1.66. The summed E-state index contributed by atoms with van der Waals surface area (Å²) in [7, 11) is 3.16. The van der Waals surface area contributed by atoms with Gasteiger partial charge in [-0.15, -0.1) is 0 Å². The van der Waals surface area contributed by atoms with Crippen molar-refractivity contribution >= 4 is 38.6 Å². The molecular formula is C32H33N3O4. The summed E-state index contributed by atoms with van der Waals surface area (Å²) in [4.78, 5) is 32.0. The molecular weight excluding hydrogens is 490 g/mol. The van der Waals surface area contributed by atoms with Crippen molar-refractivity contribution in [1.29, 1.82) is 0 Å². The van der Waals surface area contributed by atoms with Crippen molar-refractivity contribution in [3.63, 3.8) is 0 Å². The Morgan fingerprint density at radius 2 is 1.67 bits per heavy atom. The van der Waals surface area contributed by atoms with Crippen molar-refractivity contribution in [2.45, 2.75) is 51.1 Å². The van der Waals surface area contributed by atoms with Crippen LogP contribution in [0.1, 0.15) is 49.3 Å². The molecule has 5 aromatic rings. The van der Waals surface area contributed by atoms with Gasteiger partial charge in [0.2, 0.25) is 5.91 Å². The zero-order chi connectivity index (χ0) is 27.1. The molecule has 6 rings (SSSR count). The van der Waals surface area contributed by atoms with E-state index < -0.39 is 6.04 Å². The molecule has 7 nitrogen and oxygen atoms in total. The Bertz CT molecular complexity index is 1740. The first-order valence-electron chi connectivity index (χ1n) is 13.6. The third-order valence-electron chi connectivity index (χ3n) is 7.97. The Morgan fingerprint density at radius 3 is 2.38 bits per heavy atom. The lowest BCUT2D eigenvalue weighted by Crippen LogP contribution is -2.43. The minimum Gasteiger partial charge on any atom is -0.497 e. The molecule has 1 aliphatic carbocycles. The molecule has 2 aromatic heterocycles. The Labute approximate surface area is 226 Å². The van der Waals surface area contributed by atoms with Gasteiger partial charge in [0.1, 0.15) is 23.1 Å². The number of fused-ring (bicyclic) bond motifs is 5. The number of aromatic amines is 1. The summed E-state index contributed by atoms with van der Waals surface area (Å²) in [5.41, 5.74) is 3.53. The van der Waals surface area contributed by atoms with Gasteiger partial charge in [-0.05, 0) is 55.7 Å². The number of aromatic nitrogens is 2. The van der Waals surface area contributed by atoms with E-state index in [4.69, 9.17) is 9.47 Å². The molecule has 2 N–H and O–H groups in total. The van der Waals surface area contributed by atoms with Gasteiger partial charge in [0.15, 0.2) is 0 Å². The van der Waals surface area contributed by atoms with Crippen LogP contribution in [0.15, 0.2) is 65.5 Å². The van der Waals surface area contributed by atoms with E-state index in [0.29, 0.717) is 28.1 Å². The number of benzene rings is 3. The van der Waals surface area contributed by atoms with Gasteiger partial charge < -0.3 is 19.8 Å². The van der Waals surface area contributed by atoms with Crippen LogP contribution < -0.4 is 20.3 Å². The number of hydrogen-bond acceptors (Lipinski definition) is 4. The van der Waals surface area contributed by atoms with Crippen LogP contribution >= 0.6 is 0 Å². The molecule has 39 heavy (non-hydrogen) atoms. The van der Waals surface area contributed by atoms with Gasteiger partial charge in [-0.25, -0.2) is 0 Å². The summed E-state index contributed by atoms with van der Waals surface area (Å²) < 4.78 is 12.7. The van der Waals surface area contributed by atoms with Crippen LogP contribution in [0.25, 0.3) is 32.7 Å². The van der Waals surface area contributed by atoms with Gasteiger partial charge in [-0.3, -0.25) is 14.2 Å². The molecule has 1 fully saturated rings. The Hall–Kier alpha value is -4.26. The monoisotopic (exact) mass is 523 g/mol. The molecule has 1 unspecified atom stereocenters. The molecule has 0 saturated heterocycles. The van der Waals surface area contributed by atoms with Crippen LogP contribution in [0.2, 0.25) is 0 Å². The number of nitrogens with one attached hydrogen (secondary N) is 2. The highest BCUT2D eigenvalue weighted by molar-refractivity contribution is 6.19. The maximum absolute atomic E-state index is 14.4. The number of nitrogens with zero attached hydrogens (tertiary/aromatic N) is 1. The standard InChI is InChI=1S/C32H33N3O4/c1-19-13-14-27-25(15-19)28-24-11-7-8-12-26(24)34-29(28)32(37)35(27)30(31(36)33-21-9-5-4-6-10-21)20-16-22(38-2)18-23(17-20)39-3/h7-8,11-18,21,30,34H,4-6,9-10H2,1-3H3,(H,33,36). The zero-order valence-electron chi connectivity index (χ0n) is 22.5. The molecule has 0 aliphatic heterocycles. The maximum atomic E-state index is 14.4.